The van der Waals surface area contributed by atoms with Gasteiger partial charge in [0.1, 0.15) is 11.6 Å². The summed E-state index contributed by atoms with van der Waals surface area (Å²) in [5, 5.41) is 8.69. The zero-order valence-corrected chi connectivity index (χ0v) is 8.12. The Labute approximate surface area is 85.1 Å². The van der Waals surface area contributed by atoms with Gasteiger partial charge >= 0.3 is 0 Å². The lowest BCUT2D eigenvalue weighted by atomic mass is 10.2. The molecular formula is C9H8F2N2O2. The second-order valence-corrected chi connectivity index (χ2v) is 2.54. The van der Waals surface area contributed by atoms with Crippen molar-refractivity contribution in [3.8, 4) is 17.6 Å². The maximum atomic E-state index is 12.5. The molecule has 80 valence electrons. The third-order valence-corrected chi connectivity index (χ3v) is 1.75. The predicted molar refractivity (Wildman–Crippen MR) is 47.0 cm³/mol. The molecule has 6 heteroatoms. The average Bonchev–Trinajstić information content (AvgIpc) is 2.26. The lowest BCUT2D eigenvalue weighted by molar-refractivity contribution is 0.140. The second kappa shape index (κ2) is 4.55. The van der Waals surface area contributed by atoms with Crippen molar-refractivity contribution in [1.82, 2.24) is 4.98 Å². The zero-order valence-electron chi connectivity index (χ0n) is 8.12. The van der Waals surface area contributed by atoms with Crippen LogP contribution in [0.5, 0.6) is 11.5 Å². The van der Waals surface area contributed by atoms with Crippen molar-refractivity contribution in [3.63, 3.8) is 0 Å². The number of halogens is 2. The summed E-state index contributed by atoms with van der Waals surface area (Å²) in [5.74, 6) is -0.225. The van der Waals surface area contributed by atoms with Crippen molar-refractivity contribution >= 4 is 0 Å². The number of ether oxygens (including phenoxy) is 2. The fourth-order valence-electron chi connectivity index (χ4n) is 1.12. The molecule has 0 saturated heterocycles. The van der Waals surface area contributed by atoms with E-state index in [4.69, 9.17) is 14.7 Å². The van der Waals surface area contributed by atoms with E-state index in [1.165, 1.54) is 14.2 Å². The molecule has 1 aromatic rings. The quantitative estimate of drug-likeness (QED) is 0.771. The summed E-state index contributed by atoms with van der Waals surface area (Å²) in [4.78, 5) is 3.45. The highest BCUT2D eigenvalue weighted by Crippen LogP contribution is 2.37. The van der Waals surface area contributed by atoms with E-state index in [2.05, 4.69) is 4.98 Å². The van der Waals surface area contributed by atoms with Gasteiger partial charge in [0.15, 0.2) is 17.2 Å². The van der Waals surface area contributed by atoms with Gasteiger partial charge in [-0.1, -0.05) is 0 Å². The van der Waals surface area contributed by atoms with Gasteiger partial charge in [-0.3, -0.25) is 0 Å². The molecule has 15 heavy (non-hydrogen) atoms. The number of nitrogens with zero attached hydrogens (tertiary/aromatic N) is 2. The fourth-order valence-corrected chi connectivity index (χ4v) is 1.12. The van der Waals surface area contributed by atoms with E-state index in [0.29, 0.717) is 0 Å². The van der Waals surface area contributed by atoms with Crippen LogP contribution in [-0.4, -0.2) is 19.2 Å². The van der Waals surface area contributed by atoms with Crippen LogP contribution in [0.4, 0.5) is 8.78 Å². The minimum absolute atomic E-state index is 0.0229. The molecule has 0 aliphatic rings. The molecule has 1 heterocycles. The van der Waals surface area contributed by atoms with Gasteiger partial charge < -0.3 is 9.47 Å². The molecule has 4 nitrogen and oxygen atoms in total. The van der Waals surface area contributed by atoms with Crippen LogP contribution in [0.2, 0.25) is 0 Å². The minimum Gasteiger partial charge on any atom is -0.491 e. The Bertz CT molecular complexity index is 402. The Morgan fingerprint density at radius 1 is 1.33 bits per heavy atom. The lowest BCUT2D eigenvalue weighted by Gasteiger charge is -2.11. The Morgan fingerprint density at radius 3 is 2.33 bits per heavy atom. The smallest absolute Gasteiger partial charge is 0.284 e. The van der Waals surface area contributed by atoms with E-state index in [1.807, 2.05) is 0 Å². The summed E-state index contributed by atoms with van der Waals surface area (Å²) in [6.07, 6.45) is -1.75. The molecular weight excluding hydrogens is 206 g/mol. The summed E-state index contributed by atoms with van der Waals surface area (Å²) in [6, 6.07) is 1.77. The first-order chi connectivity index (χ1) is 7.15. The predicted octanol–water partition coefficient (Wildman–Crippen LogP) is 1.91. The van der Waals surface area contributed by atoms with Gasteiger partial charge in [0, 0.05) is 6.20 Å². The van der Waals surface area contributed by atoms with Gasteiger partial charge in [0.25, 0.3) is 6.43 Å². The van der Waals surface area contributed by atoms with Crippen LogP contribution in [-0.2, 0) is 0 Å². The Kier molecular flexibility index (Phi) is 3.39. The average molecular weight is 214 g/mol. The SMILES string of the molecule is COc1c(C#N)cnc(C(F)F)c1OC. The van der Waals surface area contributed by atoms with Crippen molar-refractivity contribution in [2.75, 3.05) is 14.2 Å². The molecule has 0 aliphatic carbocycles. The highest BCUT2D eigenvalue weighted by Gasteiger charge is 2.22. The maximum Gasteiger partial charge on any atom is 0.284 e. The summed E-state index contributed by atoms with van der Waals surface area (Å²) in [7, 11) is 2.49. The monoisotopic (exact) mass is 214 g/mol. The van der Waals surface area contributed by atoms with E-state index in [0.717, 1.165) is 6.20 Å². The third-order valence-electron chi connectivity index (χ3n) is 1.75. The summed E-state index contributed by atoms with van der Waals surface area (Å²) in [6.45, 7) is 0. The molecule has 1 rings (SSSR count). The maximum absolute atomic E-state index is 12.5. The normalized spacial score (nSPS) is 9.87. The van der Waals surface area contributed by atoms with Crippen molar-refractivity contribution in [1.29, 1.82) is 5.26 Å². The summed E-state index contributed by atoms with van der Waals surface area (Å²) >= 11 is 0. The molecule has 0 N–H and O–H groups in total. The van der Waals surface area contributed by atoms with Crippen molar-refractivity contribution in [2.45, 2.75) is 6.43 Å². The first kappa shape index (κ1) is 11.2. The van der Waals surface area contributed by atoms with Crippen LogP contribution >= 0.6 is 0 Å². The Morgan fingerprint density at radius 2 is 1.93 bits per heavy atom. The van der Waals surface area contributed by atoms with Crippen molar-refractivity contribution in [2.24, 2.45) is 0 Å². The first-order valence-electron chi connectivity index (χ1n) is 3.94. The third kappa shape index (κ3) is 1.96. The van der Waals surface area contributed by atoms with Crippen LogP contribution in [0.25, 0.3) is 0 Å². The van der Waals surface area contributed by atoms with E-state index in [1.54, 1.807) is 6.07 Å². The zero-order chi connectivity index (χ0) is 11.4. The van der Waals surface area contributed by atoms with Gasteiger partial charge in [-0.15, -0.1) is 0 Å². The molecule has 0 atom stereocenters. The van der Waals surface area contributed by atoms with Gasteiger partial charge in [-0.25, -0.2) is 13.8 Å². The molecule has 0 radical (unpaired) electrons. The van der Waals surface area contributed by atoms with Crippen LogP contribution in [0.15, 0.2) is 6.20 Å². The van der Waals surface area contributed by atoms with E-state index < -0.39 is 12.1 Å². The minimum atomic E-state index is -2.78. The molecule has 0 aromatic carbocycles. The van der Waals surface area contributed by atoms with E-state index in [-0.39, 0.29) is 17.1 Å². The number of aromatic nitrogens is 1. The van der Waals surface area contributed by atoms with Crippen LogP contribution in [0.1, 0.15) is 17.7 Å². The fraction of sp³-hybridized carbons (Fsp3) is 0.333. The van der Waals surface area contributed by atoms with Crippen LogP contribution in [0, 0.1) is 11.3 Å². The van der Waals surface area contributed by atoms with Gasteiger partial charge in [-0.2, -0.15) is 5.26 Å². The van der Waals surface area contributed by atoms with Crippen molar-refractivity contribution in [3.05, 3.63) is 17.5 Å². The Hall–Kier alpha value is -1.90. The molecule has 0 unspecified atom stereocenters. The molecule has 0 spiro atoms. The highest BCUT2D eigenvalue weighted by molar-refractivity contribution is 5.53. The number of rotatable bonds is 3. The molecule has 0 amide bonds. The molecule has 0 aliphatic heterocycles. The molecule has 0 fully saturated rings. The molecule has 1 aromatic heterocycles. The van der Waals surface area contributed by atoms with Gasteiger partial charge in [-0.05, 0) is 0 Å². The second-order valence-electron chi connectivity index (χ2n) is 2.54. The van der Waals surface area contributed by atoms with Gasteiger partial charge in [0.05, 0.1) is 14.2 Å². The number of hydrogen-bond acceptors (Lipinski definition) is 4. The first-order valence-corrected chi connectivity index (χ1v) is 3.94. The number of alkyl halides is 2. The van der Waals surface area contributed by atoms with E-state index >= 15 is 0 Å². The highest BCUT2D eigenvalue weighted by atomic mass is 19.3. The topological polar surface area (TPSA) is 55.1 Å². The Balaban J connectivity index is 3.42. The number of pyridine rings is 1. The summed E-state index contributed by atoms with van der Waals surface area (Å²) in [5.41, 5.74) is -0.480. The molecule has 0 saturated carbocycles. The number of nitriles is 1. The lowest BCUT2D eigenvalue weighted by Crippen LogP contribution is -2.01. The van der Waals surface area contributed by atoms with Crippen LogP contribution < -0.4 is 9.47 Å². The summed E-state index contributed by atoms with van der Waals surface area (Å²) < 4.78 is 34.6. The number of hydrogen-bond donors (Lipinski definition) is 0. The molecule has 0 bridgehead atoms. The van der Waals surface area contributed by atoms with Crippen LogP contribution in [0.3, 0.4) is 0 Å². The van der Waals surface area contributed by atoms with Crippen molar-refractivity contribution < 1.29 is 18.3 Å². The number of methoxy groups -OCH3 is 2. The van der Waals surface area contributed by atoms with E-state index in [9.17, 15) is 8.78 Å². The van der Waals surface area contributed by atoms with Gasteiger partial charge in [0.2, 0.25) is 0 Å². The standard InChI is InChI=1S/C9H8F2N2O2/c1-14-7-5(3-12)4-13-6(9(10)11)8(7)15-2/h4,9H,1-2H3. The largest absolute Gasteiger partial charge is 0.491 e.